The summed E-state index contributed by atoms with van der Waals surface area (Å²) in [5, 5.41) is 0.627. The Morgan fingerprint density at radius 1 is 0.686 bits per heavy atom. The van der Waals surface area contributed by atoms with Crippen LogP contribution in [0.25, 0.3) is 9.69 Å². The van der Waals surface area contributed by atoms with Crippen molar-refractivity contribution in [2.75, 3.05) is 13.2 Å². The number of ether oxygens (including phenoxy) is 4. The van der Waals surface area contributed by atoms with Crippen LogP contribution >= 0.6 is 39.1 Å². The van der Waals surface area contributed by atoms with Gasteiger partial charge < -0.3 is 18.9 Å². The molecule has 0 aliphatic heterocycles. The van der Waals surface area contributed by atoms with Crippen LogP contribution in [0.3, 0.4) is 0 Å². The second kappa shape index (κ2) is 21.5. The third kappa shape index (κ3) is 12.9. The molecule has 0 spiro atoms. The maximum atomic E-state index is 14.9. The molecule has 0 radical (unpaired) electrons. The first-order valence-corrected chi connectivity index (χ1v) is 16.3. The molecule has 0 aliphatic rings. The summed E-state index contributed by atoms with van der Waals surface area (Å²) >= 11 is 15.1. The molecule has 8 nitrogen and oxygen atoms in total. The number of halogens is 5. The van der Waals surface area contributed by atoms with Crippen LogP contribution < -0.4 is 9.47 Å². The van der Waals surface area contributed by atoms with Gasteiger partial charge in [0.2, 0.25) is 0 Å². The average Bonchev–Trinajstić information content (AvgIpc) is 3.06. The first-order valence-electron chi connectivity index (χ1n) is 14.7. The van der Waals surface area contributed by atoms with E-state index in [1.54, 1.807) is 32.0 Å². The predicted molar refractivity (Wildman–Crippen MR) is 200 cm³/mol. The van der Waals surface area contributed by atoms with E-state index in [0.29, 0.717) is 32.2 Å². The van der Waals surface area contributed by atoms with E-state index in [-0.39, 0.29) is 80.7 Å². The Balaban J connectivity index is 0.000000491. The molecule has 0 aromatic heterocycles. The van der Waals surface area contributed by atoms with Crippen LogP contribution in [-0.2, 0) is 38.3 Å². The number of rotatable bonds is 11. The van der Waals surface area contributed by atoms with E-state index in [2.05, 4.69) is 25.6 Å². The molecule has 0 heterocycles. The number of nitrogens with zero attached hydrogens (tertiary/aromatic N) is 2. The molecule has 270 valence electrons. The highest BCUT2D eigenvalue weighted by Gasteiger charge is 2.19. The number of benzene rings is 4. The molecule has 0 saturated carbocycles. The summed E-state index contributed by atoms with van der Waals surface area (Å²) < 4.78 is 50.8. The van der Waals surface area contributed by atoms with Crippen LogP contribution in [0.15, 0.2) is 65.1 Å². The van der Waals surface area contributed by atoms with Crippen molar-refractivity contribution in [2.45, 2.75) is 54.9 Å². The smallest absolute Gasteiger partial charge is 0.310 e. The summed E-state index contributed by atoms with van der Waals surface area (Å²) in [4.78, 5) is 29.8. The average molecular weight is 807 g/mol. The van der Waals surface area contributed by atoms with E-state index in [9.17, 15) is 18.4 Å². The molecule has 0 N–H and O–H groups in total. The molecule has 0 fully saturated rings. The van der Waals surface area contributed by atoms with Crippen molar-refractivity contribution < 1.29 is 37.3 Å². The SMILES string of the molecule is C.C.[C-]#[N+]c1cc(Cl)cc(Oc2c(Br)ccc(CC(=O)OCC)c2F)c1.[C-]#[N+]c1cc(Cl)cc(Oc2c(CC)ccc(CC(=O)OCC)c2F)c1. The monoisotopic (exact) mass is 804 g/mol. The number of carbonyl (C=O) groups excluding carboxylic acids is 2. The zero-order chi connectivity index (χ0) is 36.1. The molecule has 4 rings (SSSR count). The highest BCUT2D eigenvalue weighted by atomic mass is 79.9. The summed E-state index contributed by atoms with van der Waals surface area (Å²) in [6.45, 7) is 19.8. The zero-order valence-electron chi connectivity index (χ0n) is 26.5. The van der Waals surface area contributed by atoms with Gasteiger partial charge in [-0.15, -0.1) is 0 Å². The van der Waals surface area contributed by atoms with Gasteiger partial charge >= 0.3 is 11.9 Å². The maximum Gasteiger partial charge on any atom is 0.310 e. The molecule has 0 amide bonds. The fraction of sp³-hybridized carbons (Fsp3) is 0.263. The number of hydrogen-bond acceptors (Lipinski definition) is 6. The summed E-state index contributed by atoms with van der Waals surface area (Å²) in [6.07, 6.45) is 0.164. The third-order valence-electron chi connectivity index (χ3n) is 6.46. The Kier molecular flexibility index (Phi) is 18.7. The summed E-state index contributed by atoms with van der Waals surface area (Å²) in [5.74, 6) is -1.89. The third-order valence-corrected chi connectivity index (χ3v) is 7.52. The van der Waals surface area contributed by atoms with Gasteiger partial charge in [0.25, 0.3) is 0 Å². The highest BCUT2D eigenvalue weighted by molar-refractivity contribution is 9.10. The number of esters is 2. The molecule has 0 saturated heterocycles. The lowest BCUT2D eigenvalue weighted by Gasteiger charge is -2.14. The first kappa shape index (κ1) is 44.3. The lowest BCUT2D eigenvalue weighted by atomic mass is 10.0. The van der Waals surface area contributed by atoms with Gasteiger partial charge in [-0.05, 0) is 84.2 Å². The first-order chi connectivity index (χ1) is 23.4. The van der Waals surface area contributed by atoms with Gasteiger partial charge in [0, 0.05) is 21.2 Å². The lowest BCUT2D eigenvalue weighted by molar-refractivity contribution is -0.143. The largest absolute Gasteiger partial charge is 0.466 e. The van der Waals surface area contributed by atoms with Crippen LogP contribution in [0.4, 0.5) is 20.2 Å². The maximum absolute atomic E-state index is 14.9. The normalized spacial score (nSPS) is 9.76. The molecule has 0 aliphatic carbocycles. The van der Waals surface area contributed by atoms with Crippen molar-refractivity contribution in [3.8, 4) is 23.0 Å². The molecule has 4 aromatic carbocycles. The van der Waals surface area contributed by atoms with E-state index in [4.69, 9.17) is 55.3 Å². The molecule has 0 bridgehead atoms. The van der Waals surface area contributed by atoms with Gasteiger partial charge in [0.1, 0.15) is 11.5 Å². The number of hydrogen-bond donors (Lipinski definition) is 0. The minimum absolute atomic E-state index is 0. The second-order valence-corrected chi connectivity index (χ2v) is 11.6. The molecule has 51 heavy (non-hydrogen) atoms. The molecule has 0 unspecified atom stereocenters. The van der Waals surface area contributed by atoms with Crippen molar-refractivity contribution in [2.24, 2.45) is 0 Å². The van der Waals surface area contributed by atoms with Gasteiger partial charge in [-0.1, -0.05) is 63.2 Å². The topological polar surface area (TPSA) is 79.8 Å². The van der Waals surface area contributed by atoms with Gasteiger partial charge in [-0.2, -0.15) is 0 Å². The molecule has 4 aromatic rings. The van der Waals surface area contributed by atoms with E-state index in [1.807, 2.05) is 6.92 Å². The van der Waals surface area contributed by atoms with Crippen LogP contribution in [-0.4, -0.2) is 25.2 Å². The predicted octanol–water partition coefficient (Wildman–Crippen LogP) is 12.5. The van der Waals surface area contributed by atoms with Gasteiger partial charge in [-0.25, -0.2) is 18.5 Å². The molecule has 13 heteroatoms. The fourth-order valence-electron chi connectivity index (χ4n) is 4.28. The Labute approximate surface area is 316 Å². The van der Waals surface area contributed by atoms with Crippen molar-refractivity contribution in [1.82, 2.24) is 0 Å². The molecule has 0 atom stereocenters. The minimum atomic E-state index is -0.679. The summed E-state index contributed by atoms with van der Waals surface area (Å²) in [6, 6.07) is 15.2. The Hall–Kier alpha value is -4.68. The number of aryl methyl sites for hydroxylation is 1. The fourth-order valence-corrected chi connectivity index (χ4v) is 5.10. The van der Waals surface area contributed by atoms with Crippen LogP contribution in [0.2, 0.25) is 10.0 Å². The summed E-state index contributed by atoms with van der Waals surface area (Å²) in [7, 11) is 0. The standard InChI is InChI=1S/C19H17ClFNO3.C17H12BrClFNO3.2CH4/c1-4-12-6-7-13(8-17(23)24-5-2)18(21)19(12)25-16-10-14(20)9-15(11-16)22-3;1-3-23-15(22)6-10-4-5-14(18)17(16(10)20)24-13-8-11(19)7-12(9-13)21-2;;/h6-7,9-11H,4-5,8H2,1-2H3;4-5,7-9H,3,6H2,1H3;2*1H4. The molecular weight excluding hydrogens is 769 g/mol. The second-order valence-electron chi connectivity index (χ2n) is 9.91. The lowest BCUT2D eigenvalue weighted by Crippen LogP contribution is -2.10. The van der Waals surface area contributed by atoms with Crippen LogP contribution in [0.5, 0.6) is 23.0 Å². The highest BCUT2D eigenvalue weighted by Crippen LogP contribution is 2.37. The van der Waals surface area contributed by atoms with E-state index in [0.717, 1.165) is 0 Å². The minimum Gasteiger partial charge on any atom is -0.466 e. The van der Waals surface area contributed by atoms with Crippen LogP contribution in [0, 0.1) is 24.8 Å². The Bertz CT molecular complexity index is 1930. The zero-order valence-corrected chi connectivity index (χ0v) is 29.6. The Morgan fingerprint density at radius 2 is 1.10 bits per heavy atom. The van der Waals surface area contributed by atoms with Crippen LogP contribution in [0.1, 0.15) is 52.3 Å². The van der Waals surface area contributed by atoms with Crippen molar-refractivity contribution in [3.63, 3.8) is 0 Å². The Morgan fingerprint density at radius 3 is 1.53 bits per heavy atom. The van der Waals surface area contributed by atoms with Crippen molar-refractivity contribution >= 4 is 62.4 Å². The van der Waals surface area contributed by atoms with Gasteiger partial charge in [-0.3, -0.25) is 9.59 Å². The van der Waals surface area contributed by atoms with E-state index < -0.39 is 23.6 Å². The van der Waals surface area contributed by atoms with Crippen molar-refractivity contribution in [1.29, 1.82) is 0 Å². The summed E-state index contributed by atoms with van der Waals surface area (Å²) in [5.41, 5.74) is 1.56. The van der Waals surface area contributed by atoms with E-state index in [1.165, 1.54) is 42.5 Å². The molecular formula is C38H37BrCl2F2N2O6. The van der Waals surface area contributed by atoms with Gasteiger partial charge in [0.05, 0.1) is 43.7 Å². The quantitative estimate of drug-likeness (QED) is 0.111. The van der Waals surface area contributed by atoms with Crippen molar-refractivity contribution in [3.05, 3.63) is 126 Å². The van der Waals surface area contributed by atoms with E-state index >= 15 is 0 Å². The van der Waals surface area contributed by atoms with Gasteiger partial charge in [0.15, 0.2) is 34.5 Å². The number of carbonyl (C=O) groups is 2.